The summed E-state index contributed by atoms with van der Waals surface area (Å²) in [5, 5.41) is 12.7. The lowest BCUT2D eigenvalue weighted by atomic mass is 9.72. The molecule has 0 bridgehead atoms. The summed E-state index contributed by atoms with van der Waals surface area (Å²) in [5.74, 6) is 1.29. The maximum atomic E-state index is 11.7. The minimum absolute atomic E-state index is 0.189. The van der Waals surface area contributed by atoms with Crippen molar-refractivity contribution in [2.24, 2.45) is 0 Å². The van der Waals surface area contributed by atoms with Gasteiger partial charge >= 0.3 is 13.1 Å². The molecule has 0 aromatic heterocycles. The van der Waals surface area contributed by atoms with E-state index in [2.05, 4.69) is 16.0 Å². The molecule has 0 spiro atoms. The summed E-state index contributed by atoms with van der Waals surface area (Å²) >= 11 is 0. The van der Waals surface area contributed by atoms with Gasteiger partial charge in [0.05, 0.1) is 13.1 Å². The molecule has 1 aliphatic heterocycles. The Morgan fingerprint density at radius 2 is 2.36 bits per heavy atom. The van der Waals surface area contributed by atoms with Crippen LogP contribution in [0.15, 0.2) is 18.2 Å². The molecule has 1 aliphatic rings. The highest BCUT2D eigenvalue weighted by Gasteiger charge is 2.37. The molecule has 0 saturated carbocycles. The van der Waals surface area contributed by atoms with Gasteiger partial charge in [0, 0.05) is 12.8 Å². The second-order valence-corrected chi connectivity index (χ2v) is 4.88. The molecule has 0 fully saturated rings. The lowest BCUT2D eigenvalue weighted by molar-refractivity contribution is -0.121. The number of hydrogen-bond donors (Lipinski definition) is 2. The van der Waals surface area contributed by atoms with Crippen molar-refractivity contribution in [3.8, 4) is 18.1 Å². The van der Waals surface area contributed by atoms with Crippen molar-refractivity contribution >= 4 is 19.0 Å². The highest BCUT2D eigenvalue weighted by Crippen LogP contribution is 2.30. The smallest absolute Gasteiger partial charge is 0.534 e. The van der Waals surface area contributed by atoms with Gasteiger partial charge in [-0.15, -0.1) is 12.3 Å². The normalized spacial score (nSPS) is 16.0. The lowest BCUT2D eigenvalue weighted by Gasteiger charge is -2.29. The summed E-state index contributed by atoms with van der Waals surface area (Å²) in [6, 6.07) is 5.03. The predicted molar refractivity (Wildman–Crippen MR) is 80.1 cm³/mol. The summed E-state index contributed by atoms with van der Waals surface area (Å²) in [5.41, 5.74) is 0.964. The zero-order valence-electron chi connectivity index (χ0n) is 12.2. The van der Waals surface area contributed by atoms with E-state index >= 15 is 0 Å². The third-order valence-electron chi connectivity index (χ3n) is 3.37. The monoisotopic (exact) mass is 301 g/mol. The number of hydrogen-bond acceptors (Lipinski definition) is 5. The largest absolute Gasteiger partial charge is 0.547 e. The number of para-hydroxylation sites is 1. The van der Waals surface area contributed by atoms with Crippen molar-refractivity contribution in [2.45, 2.75) is 25.2 Å². The second kappa shape index (κ2) is 7.01. The molecule has 0 unspecified atom stereocenters. The molecule has 1 heterocycles. The van der Waals surface area contributed by atoms with Gasteiger partial charge in [0.2, 0.25) is 5.91 Å². The molecule has 2 N–H and O–H groups in total. The topological polar surface area (TPSA) is 84.9 Å². The molecular formula is C15H16BNO5. The third-order valence-corrected chi connectivity index (χ3v) is 3.37. The minimum atomic E-state index is -1.24. The standard InChI is InChI=1S/C15H16BNO5/c1-3-4-8-13(18)17-12-9-10-6-5-7-11(15(19)21-2)14(10)22-16(12)20/h1,5-7,12,20H,4,8-9H2,2H3,(H,17,18)/t12-/m0/s1. The number of terminal acetylenes is 1. The summed E-state index contributed by atoms with van der Waals surface area (Å²) in [6.45, 7) is 0. The zero-order chi connectivity index (χ0) is 16.1. The number of fused-ring (bicyclic) bond motifs is 1. The molecule has 0 radical (unpaired) electrons. The van der Waals surface area contributed by atoms with Crippen LogP contribution in [-0.2, 0) is 16.0 Å². The first-order chi connectivity index (χ1) is 10.6. The van der Waals surface area contributed by atoms with Gasteiger partial charge < -0.3 is 19.7 Å². The fourth-order valence-corrected chi connectivity index (χ4v) is 2.28. The van der Waals surface area contributed by atoms with Crippen molar-refractivity contribution < 1.29 is 24.0 Å². The van der Waals surface area contributed by atoms with Gasteiger partial charge in [0.1, 0.15) is 11.3 Å². The van der Waals surface area contributed by atoms with Crippen molar-refractivity contribution in [3.05, 3.63) is 29.3 Å². The van der Waals surface area contributed by atoms with Crippen LogP contribution in [0.2, 0.25) is 0 Å². The molecule has 1 amide bonds. The van der Waals surface area contributed by atoms with Crippen LogP contribution in [0.25, 0.3) is 0 Å². The van der Waals surface area contributed by atoms with Gasteiger partial charge in [-0.2, -0.15) is 0 Å². The Morgan fingerprint density at radius 1 is 1.59 bits per heavy atom. The van der Waals surface area contributed by atoms with Crippen LogP contribution in [0.1, 0.15) is 28.8 Å². The highest BCUT2D eigenvalue weighted by atomic mass is 16.5. The van der Waals surface area contributed by atoms with E-state index in [1.54, 1.807) is 18.2 Å². The van der Waals surface area contributed by atoms with Crippen LogP contribution >= 0.6 is 0 Å². The highest BCUT2D eigenvalue weighted by molar-refractivity contribution is 6.47. The van der Waals surface area contributed by atoms with Gasteiger partial charge in [-0.25, -0.2) is 4.79 Å². The van der Waals surface area contributed by atoms with E-state index in [-0.39, 0.29) is 23.6 Å². The predicted octanol–water partition coefficient (Wildman–Crippen LogP) is 0.326. The first-order valence-corrected chi connectivity index (χ1v) is 6.84. The first kappa shape index (κ1) is 15.9. The number of rotatable bonds is 4. The van der Waals surface area contributed by atoms with Crippen LogP contribution in [0.5, 0.6) is 5.75 Å². The summed E-state index contributed by atoms with van der Waals surface area (Å²) < 4.78 is 10.1. The Kier molecular flexibility index (Phi) is 5.07. The summed E-state index contributed by atoms with van der Waals surface area (Å²) in [6.07, 6.45) is 5.98. The van der Waals surface area contributed by atoms with Gasteiger partial charge in [-0.05, 0) is 18.1 Å². The summed E-state index contributed by atoms with van der Waals surface area (Å²) in [7, 11) is 0.0308. The maximum Gasteiger partial charge on any atom is 0.547 e. The number of methoxy groups -OCH3 is 1. The Bertz CT molecular complexity index is 625. The van der Waals surface area contributed by atoms with Crippen LogP contribution in [0.3, 0.4) is 0 Å². The maximum absolute atomic E-state index is 11.7. The molecule has 1 aromatic carbocycles. The minimum Gasteiger partial charge on any atom is -0.534 e. The molecule has 0 saturated heterocycles. The summed E-state index contributed by atoms with van der Waals surface area (Å²) in [4.78, 5) is 23.4. The molecule has 1 aromatic rings. The molecule has 1 atom stereocenters. The van der Waals surface area contributed by atoms with Crippen molar-refractivity contribution in [1.29, 1.82) is 0 Å². The van der Waals surface area contributed by atoms with Gasteiger partial charge in [0.15, 0.2) is 0 Å². The number of benzene rings is 1. The molecular weight excluding hydrogens is 285 g/mol. The molecule has 22 heavy (non-hydrogen) atoms. The van der Waals surface area contributed by atoms with Gasteiger partial charge in [-0.3, -0.25) is 4.79 Å². The van der Waals surface area contributed by atoms with E-state index in [0.29, 0.717) is 12.8 Å². The van der Waals surface area contributed by atoms with Gasteiger partial charge in [0.25, 0.3) is 0 Å². The van der Waals surface area contributed by atoms with E-state index in [4.69, 9.17) is 11.1 Å². The first-order valence-electron chi connectivity index (χ1n) is 6.84. The molecule has 2 rings (SSSR count). The van der Waals surface area contributed by atoms with Crippen molar-refractivity contribution in [3.63, 3.8) is 0 Å². The molecule has 6 nitrogen and oxygen atoms in total. The van der Waals surface area contributed by atoms with E-state index < -0.39 is 19.0 Å². The average molecular weight is 301 g/mol. The van der Waals surface area contributed by atoms with Gasteiger partial charge in [-0.1, -0.05) is 12.1 Å². The third kappa shape index (κ3) is 3.41. The van der Waals surface area contributed by atoms with E-state index in [9.17, 15) is 14.6 Å². The van der Waals surface area contributed by atoms with Crippen LogP contribution in [0.4, 0.5) is 0 Å². The quantitative estimate of drug-likeness (QED) is 0.475. The van der Waals surface area contributed by atoms with Crippen LogP contribution in [-0.4, -0.2) is 37.1 Å². The molecule has 0 aliphatic carbocycles. The number of carbonyl (C=O) groups is 2. The molecule has 114 valence electrons. The number of nitrogens with one attached hydrogen (secondary N) is 1. The number of ether oxygens (including phenoxy) is 1. The fourth-order valence-electron chi connectivity index (χ4n) is 2.28. The van der Waals surface area contributed by atoms with E-state index in [0.717, 1.165) is 5.56 Å². The average Bonchev–Trinajstić information content (AvgIpc) is 2.52. The van der Waals surface area contributed by atoms with E-state index in [1.165, 1.54) is 7.11 Å². The Morgan fingerprint density at radius 3 is 3.05 bits per heavy atom. The number of amides is 1. The number of carbonyl (C=O) groups excluding carboxylic acids is 2. The van der Waals surface area contributed by atoms with Crippen LogP contribution in [0, 0.1) is 12.3 Å². The SMILES string of the molecule is C#CCCC(=O)N[C@H]1Cc2cccc(C(=O)OC)c2OB1O. The zero-order valence-corrected chi connectivity index (χ0v) is 12.2. The lowest BCUT2D eigenvalue weighted by Crippen LogP contribution is -2.53. The second-order valence-electron chi connectivity index (χ2n) is 4.88. The van der Waals surface area contributed by atoms with E-state index in [1.807, 2.05) is 0 Å². The number of esters is 1. The Hall–Kier alpha value is -2.46. The Labute approximate surface area is 128 Å². The van der Waals surface area contributed by atoms with Crippen molar-refractivity contribution in [2.75, 3.05) is 7.11 Å². The molecule has 7 heteroatoms. The van der Waals surface area contributed by atoms with Crippen LogP contribution < -0.4 is 9.97 Å². The fraction of sp³-hybridized carbons (Fsp3) is 0.333. The Balaban J connectivity index is 2.15. The van der Waals surface area contributed by atoms with Crippen molar-refractivity contribution in [1.82, 2.24) is 5.32 Å².